The van der Waals surface area contributed by atoms with Gasteiger partial charge in [0, 0.05) is 10.6 Å². The summed E-state index contributed by atoms with van der Waals surface area (Å²) in [6.45, 7) is 1.80. The Morgan fingerprint density at radius 1 is 1.15 bits per heavy atom. The average molecular weight is 405 g/mol. The van der Waals surface area contributed by atoms with E-state index in [4.69, 9.17) is 21.1 Å². The topological polar surface area (TPSA) is 69.9 Å². The molecule has 1 aromatic heterocycles. The monoisotopic (exact) mass is 404 g/mol. The molecular formula is C19H17ClN2O4S. The molecule has 140 valence electrons. The van der Waals surface area contributed by atoms with Gasteiger partial charge >= 0.3 is 5.97 Å². The molecule has 27 heavy (non-hydrogen) atoms. The molecule has 0 N–H and O–H groups in total. The van der Waals surface area contributed by atoms with Crippen LogP contribution in [0.4, 0.5) is 0 Å². The number of ether oxygens (including phenoxy) is 2. The number of rotatable bonds is 4. The van der Waals surface area contributed by atoms with Crippen LogP contribution in [0.1, 0.15) is 15.9 Å². The van der Waals surface area contributed by atoms with Gasteiger partial charge in [-0.3, -0.25) is 9.59 Å². The van der Waals surface area contributed by atoms with Gasteiger partial charge in [0.2, 0.25) is 0 Å². The van der Waals surface area contributed by atoms with Gasteiger partial charge in [0.25, 0.3) is 5.91 Å². The van der Waals surface area contributed by atoms with Crippen LogP contribution in [0.25, 0.3) is 10.2 Å². The van der Waals surface area contributed by atoms with Gasteiger partial charge in [-0.15, -0.1) is 0 Å². The van der Waals surface area contributed by atoms with E-state index < -0.39 is 11.9 Å². The molecule has 3 aromatic rings. The van der Waals surface area contributed by atoms with Gasteiger partial charge in [0.15, 0.2) is 4.80 Å². The van der Waals surface area contributed by atoms with Gasteiger partial charge in [-0.2, -0.15) is 4.99 Å². The minimum absolute atomic E-state index is 0.0631. The van der Waals surface area contributed by atoms with Gasteiger partial charge in [-0.05, 0) is 48.9 Å². The number of hydrogen-bond acceptors (Lipinski definition) is 5. The number of aromatic nitrogens is 1. The summed E-state index contributed by atoms with van der Waals surface area (Å²) in [6, 6.07) is 10.3. The van der Waals surface area contributed by atoms with E-state index in [1.54, 1.807) is 42.0 Å². The third-order valence-corrected chi connectivity index (χ3v) is 5.53. The number of thiazole rings is 1. The zero-order valence-electron chi connectivity index (χ0n) is 15.0. The lowest BCUT2D eigenvalue weighted by Gasteiger charge is -2.07. The smallest absolute Gasteiger partial charge is 0.325 e. The maximum absolute atomic E-state index is 12.6. The number of esters is 1. The van der Waals surface area contributed by atoms with E-state index in [9.17, 15) is 9.59 Å². The van der Waals surface area contributed by atoms with E-state index in [1.807, 2.05) is 13.0 Å². The first-order chi connectivity index (χ1) is 12.9. The van der Waals surface area contributed by atoms with E-state index in [0.717, 1.165) is 15.8 Å². The summed E-state index contributed by atoms with van der Waals surface area (Å²) in [5.74, 6) is -0.196. The molecule has 0 saturated heterocycles. The predicted octanol–water partition coefficient (Wildman–Crippen LogP) is 3.59. The lowest BCUT2D eigenvalue weighted by atomic mass is 10.2. The number of fused-ring (bicyclic) bond motifs is 1. The van der Waals surface area contributed by atoms with Crippen LogP contribution in [0, 0.1) is 6.92 Å². The van der Waals surface area contributed by atoms with Gasteiger partial charge in [-0.25, -0.2) is 0 Å². The zero-order chi connectivity index (χ0) is 19.6. The van der Waals surface area contributed by atoms with Crippen molar-refractivity contribution in [2.75, 3.05) is 14.2 Å². The van der Waals surface area contributed by atoms with Gasteiger partial charge in [0.1, 0.15) is 12.3 Å². The highest BCUT2D eigenvalue weighted by Crippen LogP contribution is 2.27. The molecular weight excluding hydrogens is 388 g/mol. The van der Waals surface area contributed by atoms with Crippen molar-refractivity contribution in [1.29, 1.82) is 0 Å². The predicted molar refractivity (Wildman–Crippen MR) is 104 cm³/mol. The van der Waals surface area contributed by atoms with Gasteiger partial charge in [0.05, 0.1) is 24.4 Å². The lowest BCUT2D eigenvalue weighted by Crippen LogP contribution is -2.22. The highest BCUT2D eigenvalue weighted by molar-refractivity contribution is 7.16. The Bertz CT molecular complexity index is 1080. The number of benzene rings is 2. The Morgan fingerprint density at radius 3 is 2.48 bits per heavy atom. The molecule has 2 aromatic carbocycles. The van der Waals surface area contributed by atoms with E-state index in [0.29, 0.717) is 21.1 Å². The molecule has 3 rings (SSSR count). The molecule has 0 fully saturated rings. The van der Waals surface area contributed by atoms with Crippen molar-refractivity contribution in [2.45, 2.75) is 13.5 Å². The maximum atomic E-state index is 12.6. The Morgan fingerprint density at radius 2 is 1.85 bits per heavy atom. The molecule has 0 unspecified atom stereocenters. The molecule has 8 heteroatoms. The summed E-state index contributed by atoms with van der Waals surface area (Å²) in [7, 11) is 2.87. The minimum Gasteiger partial charge on any atom is -0.497 e. The third-order valence-electron chi connectivity index (χ3n) is 4.08. The standard InChI is InChI=1S/C19H17ClN2O4S/c1-11-14(20)8-9-15-17(11)22(10-16(23)26-3)19(27-15)21-18(24)12-4-6-13(25-2)7-5-12/h4-9H,10H2,1-3H3. The highest BCUT2D eigenvalue weighted by atomic mass is 35.5. The van der Waals surface area contributed by atoms with Crippen molar-refractivity contribution < 1.29 is 19.1 Å². The number of amides is 1. The molecule has 0 aliphatic rings. The van der Waals surface area contributed by atoms with Gasteiger partial charge < -0.3 is 14.0 Å². The number of nitrogens with zero attached hydrogens (tertiary/aromatic N) is 2. The molecule has 0 aliphatic heterocycles. The largest absolute Gasteiger partial charge is 0.497 e. The second kappa shape index (κ2) is 7.94. The molecule has 0 atom stereocenters. The Hall–Kier alpha value is -2.64. The van der Waals surface area contributed by atoms with Gasteiger partial charge in [-0.1, -0.05) is 22.9 Å². The van der Waals surface area contributed by atoms with Crippen LogP contribution < -0.4 is 9.54 Å². The number of methoxy groups -OCH3 is 2. The summed E-state index contributed by atoms with van der Waals surface area (Å²) in [4.78, 5) is 29.1. The molecule has 0 saturated carbocycles. The Labute approximate surface area is 164 Å². The van der Waals surface area contributed by atoms with Crippen molar-refractivity contribution in [2.24, 2.45) is 4.99 Å². The second-order valence-electron chi connectivity index (χ2n) is 5.71. The Balaban J connectivity index is 2.15. The van der Waals surface area contributed by atoms with Crippen LogP contribution in [-0.4, -0.2) is 30.7 Å². The number of halogens is 1. The van der Waals surface area contributed by atoms with Crippen LogP contribution in [0.5, 0.6) is 5.75 Å². The molecule has 1 heterocycles. The quantitative estimate of drug-likeness (QED) is 0.623. The Kier molecular flexibility index (Phi) is 5.62. The molecule has 0 aliphatic carbocycles. The highest BCUT2D eigenvalue weighted by Gasteiger charge is 2.15. The van der Waals surface area contributed by atoms with Crippen LogP contribution in [-0.2, 0) is 16.1 Å². The lowest BCUT2D eigenvalue weighted by molar-refractivity contribution is -0.141. The average Bonchev–Trinajstić information content (AvgIpc) is 3.02. The second-order valence-corrected chi connectivity index (χ2v) is 7.13. The fourth-order valence-electron chi connectivity index (χ4n) is 2.63. The van der Waals surface area contributed by atoms with Crippen LogP contribution >= 0.6 is 22.9 Å². The zero-order valence-corrected chi connectivity index (χ0v) is 16.6. The number of aryl methyl sites for hydroxylation is 1. The molecule has 6 nitrogen and oxygen atoms in total. The van der Waals surface area contributed by atoms with E-state index in [-0.39, 0.29) is 6.54 Å². The summed E-state index contributed by atoms with van der Waals surface area (Å²) in [5.41, 5.74) is 2.00. The van der Waals surface area contributed by atoms with Crippen molar-refractivity contribution in [1.82, 2.24) is 4.57 Å². The number of hydrogen-bond donors (Lipinski definition) is 0. The summed E-state index contributed by atoms with van der Waals surface area (Å²) in [6.07, 6.45) is 0. The third kappa shape index (κ3) is 3.89. The number of carbonyl (C=O) groups is 2. The maximum Gasteiger partial charge on any atom is 0.325 e. The first kappa shape index (κ1) is 19.1. The summed E-state index contributed by atoms with van der Waals surface area (Å²) < 4.78 is 12.4. The van der Waals surface area contributed by atoms with Crippen molar-refractivity contribution in [3.8, 4) is 5.75 Å². The van der Waals surface area contributed by atoms with Crippen molar-refractivity contribution in [3.05, 3.63) is 57.3 Å². The van der Waals surface area contributed by atoms with E-state index >= 15 is 0 Å². The first-order valence-corrected chi connectivity index (χ1v) is 9.22. The fourth-order valence-corrected chi connectivity index (χ4v) is 3.87. The molecule has 0 spiro atoms. The minimum atomic E-state index is -0.438. The summed E-state index contributed by atoms with van der Waals surface area (Å²) in [5, 5.41) is 0.576. The van der Waals surface area contributed by atoms with Crippen LogP contribution in [0.3, 0.4) is 0 Å². The van der Waals surface area contributed by atoms with Crippen LogP contribution in [0.15, 0.2) is 41.4 Å². The van der Waals surface area contributed by atoms with Crippen molar-refractivity contribution in [3.63, 3.8) is 0 Å². The van der Waals surface area contributed by atoms with Crippen LogP contribution in [0.2, 0.25) is 5.02 Å². The van der Waals surface area contributed by atoms with E-state index in [2.05, 4.69) is 4.99 Å². The van der Waals surface area contributed by atoms with E-state index in [1.165, 1.54) is 18.4 Å². The summed E-state index contributed by atoms with van der Waals surface area (Å²) >= 11 is 7.55. The van der Waals surface area contributed by atoms with Crippen molar-refractivity contribution >= 4 is 45.0 Å². The molecule has 0 bridgehead atoms. The SMILES string of the molecule is COC(=O)Cn1c(=NC(=O)c2ccc(OC)cc2)sc2ccc(Cl)c(C)c21. The molecule has 0 radical (unpaired) electrons. The fraction of sp³-hybridized carbons (Fsp3) is 0.211. The first-order valence-electron chi connectivity index (χ1n) is 8.03. The normalized spacial score (nSPS) is 11.6. The molecule has 1 amide bonds. The number of carbonyl (C=O) groups excluding carboxylic acids is 2.